The maximum atomic E-state index is 5.74. The van der Waals surface area contributed by atoms with Crippen molar-refractivity contribution in [3.05, 3.63) is 76.2 Å². The second-order valence-corrected chi connectivity index (χ2v) is 5.78. The van der Waals surface area contributed by atoms with Gasteiger partial charge in [0.25, 0.3) is 0 Å². The van der Waals surface area contributed by atoms with Crippen molar-refractivity contribution in [1.29, 1.82) is 0 Å². The Kier molecular flexibility index (Phi) is 4.10. The molecule has 21 heavy (non-hydrogen) atoms. The molecule has 1 atom stereocenters. The van der Waals surface area contributed by atoms with Gasteiger partial charge in [-0.15, -0.1) is 11.3 Å². The SMILES string of the molecule is Cc1ncsc1C(NN)c1ccc(-c2ccccc2)cc1. The summed E-state index contributed by atoms with van der Waals surface area (Å²) in [6, 6.07) is 18.8. The maximum absolute atomic E-state index is 5.74. The monoisotopic (exact) mass is 295 g/mol. The molecule has 3 aromatic rings. The number of rotatable bonds is 4. The van der Waals surface area contributed by atoms with E-state index in [1.165, 1.54) is 11.1 Å². The molecule has 2 aromatic carbocycles. The number of nitrogens with two attached hydrogens (primary N) is 1. The number of hydrazine groups is 1. The molecule has 1 aromatic heterocycles. The minimum Gasteiger partial charge on any atom is -0.271 e. The second-order valence-electron chi connectivity index (χ2n) is 4.89. The van der Waals surface area contributed by atoms with E-state index in [4.69, 9.17) is 5.84 Å². The minimum atomic E-state index is -0.0117. The molecule has 0 saturated carbocycles. The molecule has 0 fully saturated rings. The quantitative estimate of drug-likeness (QED) is 0.570. The van der Waals surface area contributed by atoms with Crippen LogP contribution in [-0.4, -0.2) is 4.98 Å². The number of nitrogens with one attached hydrogen (secondary N) is 1. The highest BCUT2D eigenvalue weighted by Gasteiger charge is 2.16. The van der Waals surface area contributed by atoms with Gasteiger partial charge in [0, 0.05) is 0 Å². The number of aromatic nitrogens is 1. The molecule has 0 aliphatic heterocycles. The van der Waals surface area contributed by atoms with Crippen molar-refractivity contribution in [2.24, 2.45) is 5.84 Å². The van der Waals surface area contributed by atoms with Gasteiger partial charge in [0.15, 0.2) is 0 Å². The van der Waals surface area contributed by atoms with Gasteiger partial charge in [0.2, 0.25) is 0 Å². The van der Waals surface area contributed by atoms with Crippen molar-refractivity contribution in [1.82, 2.24) is 10.4 Å². The van der Waals surface area contributed by atoms with Crippen molar-refractivity contribution in [2.75, 3.05) is 0 Å². The number of aryl methyl sites for hydroxylation is 1. The molecule has 0 bridgehead atoms. The molecule has 1 heterocycles. The third kappa shape index (κ3) is 2.88. The van der Waals surface area contributed by atoms with Crippen LogP contribution >= 0.6 is 11.3 Å². The topological polar surface area (TPSA) is 50.9 Å². The molecule has 0 spiro atoms. The first-order valence-electron chi connectivity index (χ1n) is 6.81. The molecule has 0 radical (unpaired) electrons. The van der Waals surface area contributed by atoms with Crippen LogP contribution in [-0.2, 0) is 0 Å². The molecule has 0 aliphatic rings. The zero-order valence-corrected chi connectivity index (χ0v) is 12.6. The Hall–Kier alpha value is -2.01. The zero-order valence-electron chi connectivity index (χ0n) is 11.8. The van der Waals surface area contributed by atoms with Crippen LogP contribution in [0.3, 0.4) is 0 Å². The highest BCUT2D eigenvalue weighted by Crippen LogP contribution is 2.29. The van der Waals surface area contributed by atoms with E-state index < -0.39 is 0 Å². The number of nitrogens with zero attached hydrogens (tertiary/aromatic N) is 1. The van der Waals surface area contributed by atoms with Crippen molar-refractivity contribution in [2.45, 2.75) is 13.0 Å². The van der Waals surface area contributed by atoms with Gasteiger partial charge in [0.1, 0.15) is 0 Å². The lowest BCUT2D eigenvalue weighted by Gasteiger charge is -2.16. The predicted molar refractivity (Wildman–Crippen MR) is 87.9 cm³/mol. The Morgan fingerprint density at radius 1 is 1.00 bits per heavy atom. The van der Waals surface area contributed by atoms with E-state index in [-0.39, 0.29) is 6.04 Å². The molecular formula is C17H17N3S. The van der Waals surface area contributed by atoms with Gasteiger partial charge in [-0.3, -0.25) is 5.84 Å². The summed E-state index contributed by atoms with van der Waals surface area (Å²) in [4.78, 5) is 5.46. The van der Waals surface area contributed by atoms with Crippen LogP contribution in [0.5, 0.6) is 0 Å². The standard InChI is InChI=1S/C17H17N3S/c1-12-17(21-11-19-12)16(20-18)15-9-7-14(8-10-15)13-5-3-2-4-6-13/h2-11,16,20H,18H2,1H3. The van der Waals surface area contributed by atoms with Gasteiger partial charge in [0.05, 0.1) is 22.1 Å². The fraction of sp³-hybridized carbons (Fsp3) is 0.118. The summed E-state index contributed by atoms with van der Waals surface area (Å²) in [7, 11) is 0. The number of hydrogen-bond acceptors (Lipinski definition) is 4. The van der Waals surface area contributed by atoms with Crippen molar-refractivity contribution >= 4 is 11.3 Å². The number of benzene rings is 2. The first-order chi connectivity index (χ1) is 10.3. The Labute approximate surface area is 128 Å². The van der Waals surface area contributed by atoms with Gasteiger partial charge in [-0.05, 0) is 23.6 Å². The Bertz CT molecular complexity index is 704. The summed E-state index contributed by atoms with van der Waals surface area (Å²) in [6.07, 6.45) is 0. The molecule has 3 N–H and O–H groups in total. The summed E-state index contributed by atoms with van der Waals surface area (Å²) >= 11 is 1.62. The molecule has 1 unspecified atom stereocenters. The highest BCUT2D eigenvalue weighted by atomic mass is 32.1. The fourth-order valence-electron chi connectivity index (χ4n) is 2.41. The summed E-state index contributed by atoms with van der Waals surface area (Å²) in [5.74, 6) is 5.74. The van der Waals surface area contributed by atoms with Gasteiger partial charge < -0.3 is 0 Å². The maximum Gasteiger partial charge on any atom is 0.0821 e. The molecule has 3 nitrogen and oxygen atoms in total. The van der Waals surface area contributed by atoms with E-state index in [1.807, 2.05) is 30.6 Å². The largest absolute Gasteiger partial charge is 0.271 e. The first-order valence-corrected chi connectivity index (χ1v) is 7.69. The van der Waals surface area contributed by atoms with Crippen LogP contribution in [0.4, 0.5) is 0 Å². The summed E-state index contributed by atoms with van der Waals surface area (Å²) in [5, 5.41) is 0. The molecule has 0 aliphatic carbocycles. The first kappa shape index (κ1) is 13.9. The van der Waals surface area contributed by atoms with Gasteiger partial charge in [-0.1, -0.05) is 54.6 Å². The second kappa shape index (κ2) is 6.18. The molecular weight excluding hydrogens is 278 g/mol. The van der Waals surface area contributed by atoms with Gasteiger partial charge >= 0.3 is 0 Å². The fourth-order valence-corrected chi connectivity index (χ4v) is 3.30. The Morgan fingerprint density at radius 2 is 1.67 bits per heavy atom. The number of hydrogen-bond donors (Lipinski definition) is 2. The van der Waals surface area contributed by atoms with Crippen LogP contribution < -0.4 is 11.3 Å². The summed E-state index contributed by atoms with van der Waals surface area (Å²) in [6.45, 7) is 2.01. The van der Waals surface area contributed by atoms with Crippen molar-refractivity contribution < 1.29 is 0 Å². The van der Waals surface area contributed by atoms with Gasteiger partial charge in [-0.25, -0.2) is 10.4 Å². The van der Waals surface area contributed by atoms with Crippen LogP contribution in [0.25, 0.3) is 11.1 Å². The summed E-state index contributed by atoms with van der Waals surface area (Å²) < 4.78 is 0. The zero-order chi connectivity index (χ0) is 14.7. The molecule has 3 rings (SSSR count). The Morgan fingerprint density at radius 3 is 2.24 bits per heavy atom. The lowest BCUT2D eigenvalue weighted by molar-refractivity contribution is 0.642. The molecule has 0 amide bonds. The average Bonchev–Trinajstić information content (AvgIpc) is 2.96. The van der Waals surface area contributed by atoms with E-state index in [2.05, 4.69) is 46.8 Å². The minimum absolute atomic E-state index is 0.0117. The molecule has 4 heteroatoms. The van der Waals surface area contributed by atoms with Crippen LogP contribution in [0.15, 0.2) is 60.1 Å². The van der Waals surface area contributed by atoms with E-state index in [9.17, 15) is 0 Å². The molecule has 106 valence electrons. The van der Waals surface area contributed by atoms with Gasteiger partial charge in [-0.2, -0.15) is 0 Å². The van der Waals surface area contributed by atoms with E-state index in [1.54, 1.807) is 11.3 Å². The van der Waals surface area contributed by atoms with E-state index in [0.29, 0.717) is 0 Å². The summed E-state index contributed by atoms with van der Waals surface area (Å²) in [5.41, 5.74) is 9.33. The highest BCUT2D eigenvalue weighted by molar-refractivity contribution is 7.09. The predicted octanol–water partition coefficient (Wildman–Crippen LogP) is 3.67. The smallest absolute Gasteiger partial charge is 0.0821 e. The Balaban J connectivity index is 1.91. The van der Waals surface area contributed by atoms with E-state index in [0.717, 1.165) is 16.1 Å². The lowest BCUT2D eigenvalue weighted by atomic mass is 10.00. The van der Waals surface area contributed by atoms with Crippen molar-refractivity contribution in [3.8, 4) is 11.1 Å². The van der Waals surface area contributed by atoms with Crippen LogP contribution in [0, 0.1) is 6.92 Å². The molecule has 0 saturated heterocycles. The third-order valence-electron chi connectivity index (χ3n) is 3.56. The van der Waals surface area contributed by atoms with Crippen LogP contribution in [0.2, 0.25) is 0 Å². The normalized spacial score (nSPS) is 12.3. The number of thiazole rings is 1. The van der Waals surface area contributed by atoms with E-state index >= 15 is 0 Å². The average molecular weight is 295 g/mol. The van der Waals surface area contributed by atoms with Crippen LogP contribution in [0.1, 0.15) is 22.2 Å². The van der Waals surface area contributed by atoms with Crippen molar-refractivity contribution in [3.63, 3.8) is 0 Å². The third-order valence-corrected chi connectivity index (χ3v) is 4.56. The lowest BCUT2D eigenvalue weighted by Crippen LogP contribution is -2.28.